The van der Waals surface area contributed by atoms with E-state index in [0.29, 0.717) is 16.8 Å². The Morgan fingerprint density at radius 1 is 1.27 bits per heavy atom. The van der Waals surface area contributed by atoms with Gasteiger partial charge in [-0.1, -0.05) is 48.4 Å². The molecule has 1 fully saturated rings. The molecule has 2 heterocycles. The topological polar surface area (TPSA) is 67.8 Å². The smallest absolute Gasteiger partial charge is 0.236 e. The van der Waals surface area contributed by atoms with Crippen LogP contribution in [0.25, 0.3) is 0 Å². The summed E-state index contributed by atoms with van der Waals surface area (Å²) < 4.78 is 0. The predicted octanol–water partition coefficient (Wildman–Crippen LogP) is 3.71. The van der Waals surface area contributed by atoms with E-state index in [4.69, 9.17) is 0 Å². The lowest BCUT2D eigenvalue weighted by Crippen LogP contribution is -2.13. The quantitative estimate of drug-likeness (QED) is 0.844. The Kier molecular flexibility index (Phi) is 5.39. The van der Waals surface area contributed by atoms with E-state index in [1.807, 2.05) is 18.2 Å². The van der Waals surface area contributed by atoms with Crippen molar-refractivity contribution >= 4 is 34.1 Å². The molecule has 7 heteroatoms. The second kappa shape index (κ2) is 7.69. The van der Waals surface area contributed by atoms with Crippen molar-refractivity contribution < 1.29 is 4.79 Å². The molecule has 116 valence electrons. The molecule has 1 aliphatic rings. The summed E-state index contributed by atoms with van der Waals surface area (Å²) >= 11 is 2.93. The lowest BCUT2D eigenvalue weighted by Gasteiger charge is -2.18. The number of amides is 1. The second-order valence-electron chi connectivity index (χ2n) is 5.29. The van der Waals surface area contributed by atoms with Gasteiger partial charge in [0.25, 0.3) is 0 Å². The minimum atomic E-state index is -0.0676. The standard InChI is InChI=1S/C15H18N4OS2/c20-12(10-21-13-8-4-5-9-16-13)17-15-19-18-14(22-15)11-6-2-1-3-7-11/h4-5,8-9,11H,1-3,6-7,10H2,(H,17,19,20). The summed E-state index contributed by atoms with van der Waals surface area (Å²) in [4.78, 5) is 16.1. The molecular formula is C15H18N4OS2. The second-order valence-corrected chi connectivity index (χ2v) is 7.29. The minimum Gasteiger partial charge on any atom is -0.300 e. The minimum absolute atomic E-state index is 0.0676. The zero-order chi connectivity index (χ0) is 15.2. The van der Waals surface area contributed by atoms with Crippen LogP contribution in [0, 0.1) is 0 Å². The van der Waals surface area contributed by atoms with E-state index in [1.165, 1.54) is 55.2 Å². The van der Waals surface area contributed by atoms with Crippen LogP contribution in [0.4, 0.5) is 5.13 Å². The summed E-state index contributed by atoms with van der Waals surface area (Å²) in [6, 6.07) is 5.66. The highest BCUT2D eigenvalue weighted by molar-refractivity contribution is 7.99. The third kappa shape index (κ3) is 4.27. The van der Waals surface area contributed by atoms with Crippen LogP contribution in [0.5, 0.6) is 0 Å². The fourth-order valence-corrected chi connectivity index (χ4v) is 4.12. The first-order chi connectivity index (χ1) is 10.8. The van der Waals surface area contributed by atoms with E-state index < -0.39 is 0 Å². The number of aromatic nitrogens is 3. The van der Waals surface area contributed by atoms with E-state index >= 15 is 0 Å². The first-order valence-corrected chi connectivity index (χ1v) is 9.28. The molecule has 22 heavy (non-hydrogen) atoms. The molecule has 1 N–H and O–H groups in total. The molecule has 5 nitrogen and oxygen atoms in total. The summed E-state index contributed by atoms with van der Waals surface area (Å²) in [5.41, 5.74) is 0. The Morgan fingerprint density at radius 2 is 2.14 bits per heavy atom. The van der Waals surface area contributed by atoms with Gasteiger partial charge in [0.1, 0.15) is 5.01 Å². The van der Waals surface area contributed by atoms with Crippen LogP contribution in [-0.2, 0) is 4.79 Å². The Balaban J connectivity index is 1.50. The number of nitrogens with one attached hydrogen (secondary N) is 1. The fourth-order valence-electron chi connectivity index (χ4n) is 2.53. The van der Waals surface area contributed by atoms with Crippen LogP contribution in [0.2, 0.25) is 0 Å². The van der Waals surface area contributed by atoms with Gasteiger partial charge >= 0.3 is 0 Å². The van der Waals surface area contributed by atoms with Crippen molar-refractivity contribution in [3.63, 3.8) is 0 Å². The summed E-state index contributed by atoms with van der Waals surface area (Å²) in [7, 11) is 0. The van der Waals surface area contributed by atoms with E-state index in [9.17, 15) is 4.79 Å². The van der Waals surface area contributed by atoms with Crippen LogP contribution in [0.1, 0.15) is 43.0 Å². The van der Waals surface area contributed by atoms with Crippen molar-refractivity contribution in [3.8, 4) is 0 Å². The molecule has 2 aromatic rings. The Morgan fingerprint density at radius 3 is 2.91 bits per heavy atom. The maximum Gasteiger partial charge on any atom is 0.236 e. The monoisotopic (exact) mass is 334 g/mol. The van der Waals surface area contributed by atoms with Gasteiger partial charge in [0, 0.05) is 12.1 Å². The van der Waals surface area contributed by atoms with Crippen LogP contribution < -0.4 is 5.32 Å². The van der Waals surface area contributed by atoms with Crippen molar-refractivity contribution in [2.75, 3.05) is 11.1 Å². The Labute approximate surface area is 138 Å². The van der Waals surface area contributed by atoms with Gasteiger partial charge in [0.2, 0.25) is 11.0 Å². The molecule has 0 radical (unpaired) electrons. The van der Waals surface area contributed by atoms with Crippen molar-refractivity contribution in [2.24, 2.45) is 0 Å². The molecular weight excluding hydrogens is 316 g/mol. The highest BCUT2D eigenvalue weighted by atomic mass is 32.2. The molecule has 1 amide bonds. The molecule has 0 saturated heterocycles. The zero-order valence-corrected chi connectivity index (χ0v) is 13.8. The summed E-state index contributed by atoms with van der Waals surface area (Å²) in [5.74, 6) is 0.789. The number of hydrogen-bond acceptors (Lipinski definition) is 6. The maximum absolute atomic E-state index is 12.0. The number of anilines is 1. The zero-order valence-electron chi connectivity index (χ0n) is 12.2. The average molecular weight is 334 g/mol. The van der Waals surface area contributed by atoms with Crippen LogP contribution in [-0.4, -0.2) is 26.8 Å². The van der Waals surface area contributed by atoms with E-state index in [1.54, 1.807) is 6.20 Å². The van der Waals surface area contributed by atoms with E-state index in [-0.39, 0.29) is 5.91 Å². The molecule has 0 aromatic carbocycles. The average Bonchev–Trinajstić information content (AvgIpc) is 3.03. The van der Waals surface area contributed by atoms with Crippen LogP contribution in [0.3, 0.4) is 0 Å². The molecule has 2 aromatic heterocycles. The van der Waals surface area contributed by atoms with Gasteiger partial charge in [-0.2, -0.15) is 0 Å². The normalized spacial score (nSPS) is 15.6. The number of carbonyl (C=O) groups excluding carboxylic acids is 1. The highest BCUT2D eigenvalue weighted by Gasteiger charge is 2.20. The number of rotatable bonds is 5. The molecule has 0 bridgehead atoms. The Hall–Kier alpha value is -1.47. The number of thioether (sulfide) groups is 1. The molecule has 3 rings (SSSR count). The molecule has 1 aliphatic carbocycles. The molecule has 0 unspecified atom stereocenters. The summed E-state index contributed by atoms with van der Waals surface area (Å²) in [5, 5.41) is 13.7. The first-order valence-electron chi connectivity index (χ1n) is 7.48. The van der Waals surface area contributed by atoms with Crippen molar-refractivity contribution in [3.05, 3.63) is 29.4 Å². The van der Waals surface area contributed by atoms with Gasteiger partial charge in [-0.05, 0) is 25.0 Å². The van der Waals surface area contributed by atoms with Gasteiger partial charge in [-0.25, -0.2) is 4.98 Å². The summed E-state index contributed by atoms with van der Waals surface area (Å²) in [6.07, 6.45) is 7.97. The third-order valence-electron chi connectivity index (χ3n) is 3.63. The lowest BCUT2D eigenvalue weighted by atomic mass is 9.90. The third-order valence-corrected chi connectivity index (χ3v) is 5.58. The van der Waals surface area contributed by atoms with Gasteiger partial charge in [0.15, 0.2) is 0 Å². The Bertz CT molecular complexity index is 611. The molecule has 1 saturated carbocycles. The van der Waals surface area contributed by atoms with Crippen molar-refractivity contribution in [2.45, 2.75) is 43.0 Å². The predicted molar refractivity (Wildman–Crippen MR) is 89.3 cm³/mol. The molecule has 0 aliphatic heterocycles. The SMILES string of the molecule is O=C(CSc1ccccn1)Nc1nnc(C2CCCCC2)s1. The lowest BCUT2D eigenvalue weighted by molar-refractivity contribution is -0.113. The number of hydrogen-bond donors (Lipinski definition) is 1. The summed E-state index contributed by atoms with van der Waals surface area (Å²) in [6.45, 7) is 0. The van der Waals surface area contributed by atoms with E-state index in [0.717, 1.165) is 10.0 Å². The van der Waals surface area contributed by atoms with E-state index in [2.05, 4.69) is 20.5 Å². The van der Waals surface area contributed by atoms with Crippen LogP contribution in [0.15, 0.2) is 29.4 Å². The maximum atomic E-state index is 12.0. The molecule has 0 spiro atoms. The van der Waals surface area contributed by atoms with Gasteiger partial charge < -0.3 is 0 Å². The fraction of sp³-hybridized carbons (Fsp3) is 0.467. The van der Waals surface area contributed by atoms with Crippen LogP contribution >= 0.6 is 23.1 Å². The number of pyridine rings is 1. The van der Waals surface area contributed by atoms with Gasteiger partial charge in [-0.15, -0.1) is 10.2 Å². The van der Waals surface area contributed by atoms with Crippen molar-refractivity contribution in [1.29, 1.82) is 0 Å². The van der Waals surface area contributed by atoms with Gasteiger partial charge in [-0.3, -0.25) is 10.1 Å². The first kappa shape index (κ1) is 15.4. The highest BCUT2D eigenvalue weighted by Crippen LogP contribution is 2.35. The molecule has 0 atom stereocenters. The largest absolute Gasteiger partial charge is 0.300 e. The van der Waals surface area contributed by atoms with Crippen molar-refractivity contribution in [1.82, 2.24) is 15.2 Å². The number of carbonyl (C=O) groups is 1. The number of nitrogens with zero attached hydrogens (tertiary/aromatic N) is 3. The van der Waals surface area contributed by atoms with Gasteiger partial charge in [0.05, 0.1) is 10.8 Å².